The Bertz CT molecular complexity index is 471. The van der Waals surface area contributed by atoms with Crippen molar-refractivity contribution in [1.29, 1.82) is 0 Å². The molecule has 1 atom stereocenters. The molecule has 0 aliphatic carbocycles. The molecule has 1 aromatic rings. The highest BCUT2D eigenvalue weighted by molar-refractivity contribution is 5.95. The second kappa shape index (κ2) is 6.64. The molecule has 1 aliphatic rings. The molecule has 0 aromatic heterocycles. The van der Waals surface area contributed by atoms with Crippen molar-refractivity contribution in [2.45, 2.75) is 46.1 Å². The van der Waals surface area contributed by atoms with Crippen LogP contribution in [0.4, 0.5) is 0 Å². The van der Waals surface area contributed by atoms with Gasteiger partial charge in [0, 0.05) is 11.6 Å². The molecule has 0 bridgehead atoms. The maximum atomic E-state index is 12.3. The number of amides is 1. The lowest BCUT2D eigenvalue weighted by Gasteiger charge is -2.20. The predicted octanol–water partition coefficient (Wildman–Crippen LogP) is 3.36. The van der Waals surface area contributed by atoms with Crippen LogP contribution in [0.15, 0.2) is 18.2 Å². The third kappa shape index (κ3) is 3.65. The van der Waals surface area contributed by atoms with Crippen molar-refractivity contribution < 1.29 is 14.3 Å². The molecule has 0 spiro atoms. The van der Waals surface area contributed by atoms with Gasteiger partial charge in [0.25, 0.3) is 5.91 Å². The smallest absolute Gasteiger partial charge is 0.251 e. The molecular weight excluding hydrogens is 254 g/mol. The normalized spacial score (nSPS) is 14.4. The molecule has 0 unspecified atom stereocenters. The van der Waals surface area contributed by atoms with Crippen LogP contribution < -0.4 is 14.8 Å². The van der Waals surface area contributed by atoms with Crippen LogP contribution in [0.1, 0.15) is 50.4 Å². The number of carbonyl (C=O) groups is 1. The van der Waals surface area contributed by atoms with Crippen LogP contribution >= 0.6 is 0 Å². The first kappa shape index (κ1) is 14.7. The van der Waals surface area contributed by atoms with Crippen molar-refractivity contribution in [1.82, 2.24) is 5.32 Å². The van der Waals surface area contributed by atoms with Crippen LogP contribution in [0, 0.1) is 5.92 Å². The van der Waals surface area contributed by atoms with Gasteiger partial charge in [-0.25, -0.2) is 0 Å². The number of rotatable bonds is 6. The molecule has 1 aliphatic heterocycles. The minimum absolute atomic E-state index is 0.0394. The Morgan fingerprint density at radius 3 is 2.75 bits per heavy atom. The molecular formula is C16H23NO3. The Kier molecular flexibility index (Phi) is 4.88. The molecule has 1 amide bonds. The molecule has 0 radical (unpaired) electrons. The Hall–Kier alpha value is -1.71. The van der Waals surface area contributed by atoms with Crippen molar-refractivity contribution in [2.24, 2.45) is 5.92 Å². The van der Waals surface area contributed by atoms with Crippen molar-refractivity contribution >= 4 is 5.91 Å². The van der Waals surface area contributed by atoms with Crippen LogP contribution in [0.2, 0.25) is 0 Å². The SMILES string of the molecule is CCC[C@H](CC(C)C)NC(=O)c1ccc2c(c1)OCO2. The van der Waals surface area contributed by atoms with Gasteiger partial charge in [0.05, 0.1) is 0 Å². The molecule has 2 rings (SSSR count). The van der Waals surface area contributed by atoms with E-state index in [0.717, 1.165) is 19.3 Å². The number of nitrogens with one attached hydrogen (secondary N) is 1. The largest absolute Gasteiger partial charge is 0.454 e. The highest BCUT2D eigenvalue weighted by Crippen LogP contribution is 2.32. The summed E-state index contributed by atoms with van der Waals surface area (Å²) in [7, 11) is 0. The van der Waals surface area contributed by atoms with Gasteiger partial charge < -0.3 is 14.8 Å². The Balaban J connectivity index is 2.02. The predicted molar refractivity (Wildman–Crippen MR) is 78.2 cm³/mol. The highest BCUT2D eigenvalue weighted by Gasteiger charge is 2.18. The fourth-order valence-corrected chi connectivity index (χ4v) is 2.47. The monoisotopic (exact) mass is 277 g/mol. The summed E-state index contributed by atoms with van der Waals surface area (Å²) in [5.74, 6) is 1.88. The number of carbonyl (C=O) groups excluding carboxylic acids is 1. The minimum atomic E-state index is -0.0394. The number of benzene rings is 1. The van der Waals surface area contributed by atoms with Crippen LogP contribution in [-0.4, -0.2) is 18.7 Å². The van der Waals surface area contributed by atoms with Crippen LogP contribution in [0.5, 0.6) is 11.5 Å². The van der Waals surface area contributed by atoms with E-state index in [9.17, 15) is 4.79 Å². The number of hydrogen-bond acceptors (Lipinski definition) is 3. The maximum absolute atomic E-state index is 12.3. The summed E-state index contributed by atoms with van der Waals surface area (Å²) < 4.78 is 10.6. The fourth-order valence-electron chi connectivity index (χ4n) is 2.47. The Morgan fingerprint density at radius 2 is 2.05 bits per heavy atom. The molecule has 0 saturated carbocycles. The summed E-state index contributed by atoms with van der Waals surface area (Å²) in [6.07, 6.45) is 3.08. The van der Waals surface area contributed by atoms with E-state index >= 15 is 0 Å². The highest BCUT2D eigenvalue weighted by atomic mass is 16.7. The molecule has 4 nitrogen and oxygen atoms in total. The summed E-state index contributed by atoms with van der Waals surface area (Å²) >= 11 is 0. The molecule has 1 aromatic carbocycles. The summed E-state index contributed by atoms with van der Waals surface area (Å²) in [5, 5.41) is 3.12. The first-order valence-corrected chi connectivity index (χ1v) is 7.30. The van der Waals surface area contributed by atoms with Gasteiger partial charge in [-0.2, -0.15) is 0 Å². The van der Waals surface area contributed by atoms with E-state index in [-0.39, 0.29) is 18.7 Å². The number of fused-ring (bicyclic) bond motifs is 1. The fraction of sp³-hybridized carbons (Fsp3) is 0.562. The Morgan fingerprint density at radius 1 is 1.30 bits per heavy atom. The zero-order chi connectivity index (χ0) is 14.5. The molecule has 1 heterocycles. The van der Waals surface area contributed by atoms with Crippen molar-refractivity contribution in [3.8, 4) is 11.5 Å². The van der Waals surface area contributed by atoms with E-state index in [1.54, 1.807) is 18.2 Å². The van der Waals surface area contributed by atoms with Gasteiger partial charge in [0.15, 0.2) is 11.5 Å². The number of hydrogen-bond donors (Lipinski definition) is 1. The van der Waals surface area contributed by atoms with Gasteiger partial charge >= 0.3 is 0 Å². The Labute approximate surface area is 120 Å². The maximum Gasteiger partial charge on any atom is 0.251 e. The van der Waals surface area contributed by atoms with Crippen molar-refractivity contribution in [3.63, 3.8) is 0 Å². The van der Waals surface area contributed by atoms with Gasteiger partial charge in [0.2, 0.25) is 6.79 Å². The van der Waals surface area contributed by atoms with Crippen LogP contribution in [0.3, 0.4) is 0 Å². The molecule has 0 fully saturated rings. The minimum Gasteiger partial charge on any atom is -0.454 e. The molecule has 1 N–H and O–H groups in total. The van der Waals surface area contributed by atoms with E-state index in [1.807, 2.05) is 0 Å². The first-order chi connectivity index (χ1) is 9.60. The third-order valence-corrected chi connectivity index (χ3v) is 3.36. The molecule has 20 heavy (non-hydrogen) atoms. The zero-order valence-electron chi connectivity index (χ0n) is 12.4. The van der Waals surface area contributed by atoms with Gasteiger partial charge in [-0.1, -0.05) is 27.2 Å². The summed E-state index contributed by atoms with van der Waals surface area (Å²) in [6, 6.07) is 5.55. The lowest BCUT2D eigenvalue weighted by atomic mass is 9.99. The lowest BCUT2D eigenvalue weighted by Crippen LogP contribution is -2.35. The van der Waals surface area contributed by atoms with E-state index in [1.165, 1.54) is 0 Å². The van der Waals surface area contributed by atoms with E-state index in [2.05, 4.69) is 26.1 Å². The van der Waals surface area contributed by atoms with E-state index in [0.29, 0.717) is 23.0 Å². The second-order valence-corrected chi connectivity index (χ2v) is 5.66. The third-order valence-electron chi connectivity index (χ3n) is 3.36. The molecule has 0 saturated heterocycles. The van der Waals surface area contributed by atoms with Crippen molar-refractivity contribution in [2.75, 3.05) is 6.79 Å². The van der Waals surface area contributed by atoms with Crippen molar-refractivity contribution in [3.05, 3.63) is 23.8 Å². The second-order valence-electron chi connectivity index (χ2n) is 5.66. The van der Waals surface area contributed by atoms with Gasteiger partial charge in [0.1, 0.15) is 0 Å². The van der Waals surface area contributed by atoms with Gasteiger partial charge in [-0.15, -0.1) is 0 Å². The molecule has 110 valence electrons. The number of ether oxygens (including phenoxy) is 2. The van der Waals surface area contributed by atoms with Gasteiger partial charge in [-0.05, 0) is 37.0 Å². The zero-order valence-corrected chi connectivity index (χ0v) is 12.4. The lowest BCUT2D eigenvalue weighted by molar-refractivity contribution is 0.0929. The van der Waals surface area contributed by atoms with E-state index < -0.39 is 0 Å². The van der Waals surface area contributed by atoms with Crippen LogP contribution in [0.25, 0.3) is 0 Å². The topological polar surface area (TPSA) is 47.6 Å². The summed E-state index contributed by atoms with van der Waals surface area (Å²) in [6.45, 7) is 6.72. The quantitative estimate of drug-likeness (QED) is 0.867. The van der Waals surface area contributed by atoms with E-state index in [4.69, 9.17) is 9.47 Å². The summed E-state index contributed by atoms with van der Waals surface area (Å²) in [5.41, 5.74) is 0.624. The molecule has 4 heteroatoms. The van der Waals surface area contributed by atoms with Crippen LogP contribution in [-0.2, 0) is 0 Å². The average molecular weight is 277 g/mol. The standard InChI is InChI=1S/C16H23NO3/c1-4-5-13(8-11(2)3)17-16(18)12-6-7-14-15(9-12)20-10-19-14/h6-7,9,11,13H,4-5,8,10H2,1-3H3,(H,17,18)/t13-/m1/s1. The van der Waals surface area contributed by atoms with Gasteiger partial charge in [-0.3, -0.25) is 4.79 Å². The first-order valence-electron chi connectivity index (χ1n) is 7.30. The average Bonchev–Trinajstić information content (AvgIpc) is 2.85. The summed E-state index contributed by atoms with van der Waals surface area (Å²) in [4.78, 5) is 12.3.